The number of urea groups is 1. The van der Waals surface area contributed by atoms with E-state index in [0.29, 0.717) is 22.4 Å². The molecule has 8 heteroatoms. The molecular weight excluding hydrogens is 329 g/mol. The van der Waals surface area contributed by atoms with Crippen molar-refractivity contribution in [2.45, 2.75) is 6.10 Å². The Morgan fingerprint density at radius 3 is 2.72 bits per heavy atom. The minimum absolute atomic E-state index is 0.0415. The highest BCUT2D eigenvalue weighted by molar-refractivity contribution is 5.91. The van der Waals surface area contributed by atoms with Crippen LogP contribution in [0.2, 0.25) is 0 Å². The van der Waals surface area contributed by atoms with Gasteiger partial charge in [-0.1, -0.05) is 12.1 Å². The summed E-state index contributed by atoms with van der Waals surface area (Å²) in [6.45, 7) is -0.0415. The van der Waals surface area contributed by atoms with Crippen LogP contribution < -0.4 is 16.4 Å². The fraction of sp³-hybridized carbons (Fsp3) is 0.176. The van der Waals surface area contributed by atoms with Gasteiger partial charge in [0.25, 0.3) is 0 Å². The maximum absolute atomic E-state index is 12.9. The molecule has 0 spiro atoms. The normalized spacial score (nSPS) is 12.1. The number of aromatic nitrogens is 1. The SMILES string of the molecule is Cn1c(=O)oc2cc(NC(=O)NCC(O)c3ccc(F)cc3)ccc21. The summed E-state index contributed by atoms with van der Waals surface area (Å²) in [6.07, 6.45) is -0.957. The Hall–Kier alpha value is -3.13. The number of aliphatic hydroxyl groups is 1. The zero-order valence-corrected chi connectivity index (χ0v) is 13.3. The largest absolute Gasteiger partial charge is 0.419 e. The van der Waals surface area contributed by atoms with Crippen LogP contribution >= 0.6 is 0 Å². The van der Waals surface area contributed by atoms with E-state index in [1.165, 1.54) is 34.9 Å². The fourth-order valence-electron chi connectivity index (χ4n) is 2.38. The van der Waals surface area contributed by atoms with Gasteiger partial charge in [0.2, 0.25) is 0 Å². The molecule has 0 saturated carbocycles. The van der Waals surface area contributed by atoms with Gasteiger partial charge >= 0.3 is 11.8 Å². The minimum atomic E-state index is -0.957. The van der Waals surface area contributed by atoms with Crippen molar-refractivity contribution in [3.05, 3.63) is 64.4 Å². The molecule has 7 nitrogen and oxygen atoms in total. The van der Waals surface area contributed by atoms with Gasteiger partial charge in [0, 0.05) is 25.3 Å². The molecule has 1 unspecified atom stereocenters. The maximum Gasteiger partial charge on any atom is 0.419 e. The molecular formula is C17H16FN3O4. The Morgan fingerprint density at radius 1 is 1.28 bits per heavy atom. The lowest BCUT2D eigenvalue weighted by molar-refractivity contribution is 0.175. The summed E-state index contributed by atoms with van der Waals surface area (Å²) in [5.41, 5.74) is 1.91. The van der Waals surface area contributed by atoms with Gasteiger partial charge in [-0.15, -0.1) is 0 Å². The summed E-state index contributed by atoms with van der Waals surface area (Å²) in [5, 5.41) is 15.1. The summed E-state index contributed by atoms with van der Waals surface area (Å²) >= 11 is 0. The standard InChI is InChI=1S/C17H16FN3O4/c1-21-13-7-6-12(8-15(13)25-17(21)24)20-16(23)19-9-14(22)10-2-4-11(18)5-3-10/h2-8,14,22H,9H2,1H3,(H2,19,20,23). The fourth-order valence-corrected chi connectivity index (χ4v) is 2.38. The summed E-state index contributed by atoms with van der Waals surface area (Å²) in [5.74, 6) is -0.886. The topological polar surface area (TPSA) is 96.5 Å². The number of hydrogen-bond donors (Lipinski definition) is 3. The van der Waals surface area contributed by atoms with E-state index in [0.717, 1.165) is 0 Å². The maximum atomic E-state index is 12.9. The van der Waals surface area contributed by atoms with Crippen molar-refractivity contribution in [2.24, 2.45) is 7.05 Å². The summed E-state index contributed by atoms with van der Waals surface area (Å²) < 4.78 is 19.3. The lowest BCUT2D eigenvalue weighted by atomic mass is 10.1. The number of aryl methyl sites for hydroxylation is 1. The third-order valence-electron chi connectivity index (χ3n) is 3.76. The van der Waals surface area contributed by atoms with E-state index in [4.69, 9.17) is 4.42 Å². The van der Waals surface area contributed by atoms with Crippen LogP contribution in [0.25, 0.3) is 11.1 Å². The molecule has 0 aliphatic heterocycles. The highest BCUT2D eigenvalue weighted by Crippen LogP contribution is 2.18. The van der Waals surface area contributed by atoms with Crippen molar-refractivity contribution < 1.29 is 18.7 Å². The van der Waals surface area contributed by atoms with E-state index in [9.17, 15) is 19.1 Å². The minimum Gasteiger partial charge on any atom is -0.408 e. The van der Waals surface area contributed by atoms with E-state index in [1.54, 1.807) is 19.2 Å². The predicted octanol–water partition coefficient (Wildman–Crippen LogP) is 2.13. The molecule has 25 heavy (non-hydrogen) atoms. The van der Waals surface area contributed by atoms with Crippen LogP contribution in [0.1, 0.15) is 11.7 Å². The van der Waals surface area contributed by atoms with Crippen molar-refractivity contribution in [3.8, 4) is 0 Å². The number of carbonyl (C=O) groups excluding carboxylic acids is 1. The zero-order valence-electron chi connectivity index (χ0n) is 13.3. The molecule has 3 N–H and O–H groups in total. The van der Waals surface area contributed by atoms with Gasteiger partial charge in [-0.3, -0.25) is 4.57 Å². The Morgan fingerprint density at radius 2 is 2.00 bits per heavy atom. The van der Waals surface area contributed by atoms with Gasteiger partial charge in [-0.25, -0.2) is 14.0 Å². The van der Waals surface area contributed by atoms with Crippen molar-refractivity contribution >= 4 is 22.8 Å². The number of carbonyl (C=O) groups is 1. The molecule has 130 valence electrons. The zero-order chi connectivity index (χ0) is 18.0. The van der Waals surface area contributed by atoms with Crippen molar-refractivity contribution in [1.82, 2.24) is 9.88 Å². The molecule has 0 aliphatic carbocycles. The molecule has 2 aromatic carbocycles. The van der Waals surface area contributed by atoms with E-state index >= 15 is 0 Å². The molecule has 2 amide bonds. The van der Waals surface area contributed by atoms with Gasteiger partial charge in [0.1, 0.15) is 5.82 Å². The number of hydrogen-bond acceptors (Lipinski definition) is 4. The number of oxazole rings is 1. The van der Waals surface area contributed by atoms with Crippen molar-refractivity contribution in [1.29, 1.82) is 0 Å². The molecule has 1 atom stereocenters. The summed E-state index contributed by atoms with van der Waals surface area (Å²) in [6, 6.07) is 9.67. The molecule has 0 saturated heterocycles. The van der Waals surface area contributed by atoms with E-state index in [-0.39, 0.29) is 6.54 Å². The Balaban J connectivity index is 1.60. The first kappa shape index (κ1) is 16.7. The highest BCUT2D eigenvalue weighted by Gasteiger charge is 2.11. The van der Waals surface area contributed by atoms with Gasteiger partial charge in [0.05, 0.1) is 11.6 Å². The van der Waals surface area contributed by atoms with Gasteiger partial charge in [0.15, 0.2) is 5.58 Å². The van der Waals surface area contributed by atoms with Crippen LogP contribution in [0, 0.1) is 5.82 Å². The number of fused-ring (bicyclic) bond motifs is 1. The second kappa shape index (κ2) is 6.78. The van der Waals surface area contributed by atoms with Gasteiger partial charge in [-0.05, 0) is 29.8 Å². The number of rotatable bonds is 4. The molecule has 0 fully saturated rings. The molecule has 1 heterocycles. The average Bonchev–Trinajstić information content (AvgIpc) is 2.87. The van der Waals surface area contributed by atoms with Crippen molar-refractivity contribution in [2.75, 3.05) is 11.9 Å². The Labute approximate surface area is 141 Å². The molecule has 0 aliphatic rings. The lowest BCUT2D eigenvalue weighted by Gasteiger charge is -2.13. The Bertz CT molecular complexity index is 962. The first-order chi connectivity index (χ1) is 11.9. The third kappa shape index (κ3) is 3.69. The molecule has 1 aromatic heterocycles. The summed E-state index contributed by atoms with van der Waals surface area (Å²) in [7, 11) is 1.59. The quantitative estimate of drug-likeness (QED) is 0.675. The number of nitrogens with zero attached hydrogens (tertiary/aromatic N) is 1. The Kier molecular flexibility index (Phi) is 4.53. The first-order valence-corrected chi connectivity index (χ1v) is 7.52. The second-order valence-electron chi connectivity index (χ2n) is 5.51. The smallest absolute Gasteiger partial charge is 0.408 e. The number of benzene rings is 2. The van der Waals surface area contributed by atoms with Gasteiger partial charge in [-0.2, -0.15) is 0 Å². The molecule has 3 rings (SSSR count). The van der Waals surface area contributed by atoms with Crippen LogP contribution in [-0.2, 0) is 7.05 Å². The van der Waals surface area contributed by atoms with Crippen LogP contribution in [0.3, 0.4) is 0 Å². The molecule has 0 bridgehead atoms. The molecule has 0 radical (unpaired) electrons. The van der Waals surface area contributed by atoms with Crippen molar-refractivity contribution in [3.63, 3.8) is 0 Å². The van der Waals surface area contributed by atoms with E-state index in [1.807, 2.05) is 0 Å². The van der Waals surface area contributed by atoms with Crippen LogP contribution in [-0.4, -0.2) is 22.2 Å². The highest BCUT2D eigenvalue weighted by atomic mass is 19.1. The predicted molar refractivity (Wildman–Crippen MR) is 89.8 cm³/mol. The average molecular weight is 345 g/mol. The summed E-state index contributed by atoms with van der Waals surface area (Å²) in [4.78, 5) is 23.4. The van der Waals surface area contributed by atoms with Crippen LogP contribution in [0.15, 0.2) is 51.7 Å². The number of halogens is 1. The van der Waals surface area contributed by atoms with E-state index in [2.05, 4.69) is 10.6 Å². The van der Waals surface area contributed by atoms with Crippen LogP contribution in [0.5, 0.6) is 0 Å². The van der Waals surface area contributed by atoms with Crippen LogP contribution in [0.4, 0.5) is 14.9 Å². The number of amides is 2. The number of anilines is 1. The second-order valence-corrected chi connectivity index (χ2v) is 5.51. The third-order valence-corrected chi connectivity index (χ3v) is 3.76. The first-order valence-electron chi connectivity index (χ1n) is 7.52. The van der Waals surface area contributed by atoms with E-state index < -0.39 is 23.7 Å². The lowest BCUT2D eigenvalue weighted by Crippen LogP contribution is -2.32. The molecule has 3 aromatic rings. The van der Waals surface area contributed by atoms with Gasteiger partial charge < -0.3 is 20.2 Å². The number of nitrogens with one attached hydrogen (secondary N) is 2. The number of aliphatic hydroxyl groups excluding tert-OH is 1. The monoisotopic (exact) mass is 345 g/mol.